The number of carbonyl (C=O) groups excluding carboxylic acids is 2. The Kier molecular flexibility index (Phi) is 3.85. The number of benzene rings is 2. The van der Waals surface area contributed by atoms with Gasteiger partial charge in [0.05, 0.1) is 11.6 Å². The predicted molar refractivity (Wildman–Crippen MR) is 101 cm³/mol. The molecule has 134 valence electrons. The maximum atomic E-state index is 13.2. The summed E-state index contributed by atoms with van der Waals surface area (Å²) < 4.78 is 0. The van der Waals surface area contributed by atoms with Gasteiger partial charge in [0.1, 0.15) is 11.2 Å². The average molecular weight is 357 g/mol. The predicted octanol–water partition coefficient (Wildman–Crippen LogP) is 2.76. The van der Waals surface area contributed by atoms with Gasteiger partial charge in [0.15, 0.2) is 0 Å². The molecule has 5 heteroatoms. The summed E-state index contributed by atoms with van der Waals surface area (Å²) in [6, 6.07) is 19.0. The first-order chi connectivity index (χ1) is 13.0. The van der Waals surface area contributed by atoms with Gasteiger partial charge >= 0.3 is 0 Å². The molecule has 0 bridgehead atoms. The van der Waals surface area contributed by atoms with Gasteiger partial charge in [-0.1, -0.05) is 48.5 Å². The number of likely N-dealkylation sites (N-methyl/N-ethyl adjacent to an activating group) is 2. The molecule has 0 N–H and O–H groups in total. The van der Waals surface area contributed by atoms with Crippen molar-refractivity contribution in [1.29, 1.82) is 5.26 Å². The first-order valence-corrected chi connectivity index (χ1v) is 8.83. The number of nitrogens with zero attached hydrogens (tertiary/aromatic N) is 3. The van der Waals surface area contributed by atoms with Gasteiger partial charge in [0.25, 0.3) is 11.8 Å². The van der Waals surface area contributed by atoms with Crippen molar-refractivity contribution in [3.8, 4) is 6.07 Å². The Hall–Kier alpha value is -3.39. The van der Waals surface area contributed by atoms with E-state index in [4.69, 9.17) is 0 Å². The lowest BCUT2D eigenvalue weighted by Crippen LogP contribution is -2.58. The second-order valence-corrected chi connectivity index (χ2v) is 7.05. The van der Waals surface area contributed by atoms with Crippen LogP contribution in [0.15, 0.2) is 60.3 Å². The van der Waals surface area contributed by atoms with E-state index in [0.717, 1.165) is 5.56 Å². The van der Waals surface area contributed by atoms with Crippen LogP contribution in [-0.4, -0.2) is 41.2 Å². The molecule has 1 aliphatic heterocycles. The van der Waals surface area contributed by atoms with Gasteiger partial charge in [-0.05, 0) is 29.7 Å². The second-order valence-electron chi connectivity index (χ2n) is 7.05. The molecule has 2 amide bonds. The number of piperazine rings is 1. The van der Waals surface area contributed by atoms with E-state index in [-0.39, 0.29) is 23.4 Å². The van der Waals surface area contributed by atoms with Crippen molar-refractivity contribution in [3.63, 3.8) is 0 Å². The number of rotatable bonds is 2. The Bertz CT molecular complexity index is 1010. The lowest BCUT2D eigenvalue weighted by atomic mass is 9.99. The summed E-state index contributed by atoms with van der Waals surface area (Å²) in [6.45, 7) is 0. The largest absolute Gasteiger partial charge is 0.325 e. The van der Waals surface area contributed by atoms with Crippen LogP contribution in [0.5, 0.6) is 0 Å². The quantitative estimate of drug-likeness (QED) is 0.777. The fraction of sp³-hybridized carbons (Fsp3) is 0.227. The molecule has 0 radical (unpaired) electrons. The number of hydrogen-bond acceptors (Lipinski definition) is 3. The lowest BCUT2D eigenvalue weighted by molar-refractivity contribution is -0.150. The van der Waals surface area contributed by atoms with E-state index in [1.165, 1.54) is 4.90 Å². The Morgan fingerprint density at radius 1 is 1.07 bits per heavy atom. The van der Waals surface area contributed by atoms with Crippen LogP contribution in [0.25, 0.3) is 6.08 Å². The highest BCUT2D eigenvalue weighted by atomic mass is 16.2. The molecule has 2 atom stereocenters. The Morgan fingerprint density at radius 2 is 1.74 bits per heavy atom. The third-order valence-corrected chi connectivity index (χ3v) is 5.67. The van der Waals surface area contributed by atoms with Crippen LogP contribution < -0.4 is 0 Å². The lowest BCUT2D eigenvalue weighted by Gasteiger charge is -2.39. The Morgan fingerprint density at radius 3 is 2.44 bits per heavy atom. The highest BCUT2D eigenvalue weighted by Crippen LogP contribution is 2.58. The number of nitriles is 1. The summed E-state index contributed by atoms with van der Waals surface area (Å²) in [5.74, 6) is -0.280. The second kappa shape index (κ2) is 6.10. The SMILES string of the molecule is CN1C(=O)C2(CC2c2ccccc2)N(C)C(=O)C1=Cc1ccccc1C#N. The minimum Gasteiger partial charge on any atom is -0.325 e. The zero-order chi connectivity index (χ0) is 19.2. The van der Waals surface area contributed by atoms with Gasteiger partial charge in [-0.3, -0.25) is 9.59 Å². The molecule has 2 aliphatic rings. The highest BCUT2D eigenvalue weighted by Gasteiger charge is 2.68. The molecule has 4 rings (SSSR count). The highest BCUT2D eigenvalue weighted by molar-refractivity contribution is 6.11. The molecule has 1 aliphatic carbocycles. The van der Waals surface area contributed by atoms with E-state index < -0.39 is 5.54 Å². The normalized spacial score (nSPS) is 25.8. The first kappa shape index (κ1) is 17.0. The molecule has 1 spiro atoms. The minimum absolute atomic E-state index is 0.00976. The van der Waals surface area contributed by atoms with Crippen LogP contribution in [-0.2, 0) is 9.59 Å². The maximum Gasteiger partial charge on any atom is 0.271 e. The van der Waals surface area contributed by atoms with Crippen LogP contribution in [0.1, 0.15) is 29.0 Å². The van der Waals surface area contributed by atoms with Crippen LogP contribution in [0.3, 0.4) is 0 Å². The summed E-state index contributed by atoms with van der Waals surface area (Å²) in [5.41, 5.74) is 1.65. The van der Waals surface area contributed by atoms with E-state index in [9.17, 15) is 14.9 Å². The molecule has 2 fully saturated rings. The van der Waals surface area contributed by atoms with E-state index >= 15 is 0 Å². The standard InChI is InChI=1S/C22H19N3O2/c1-24-19(12-16-10-6-7-11-17(16)14-23)20(26)25(2)22(21(24)27)13-18(22)15-8-4-3-5-9-15/h3-12,18H,13H2,1-2H3. The topological polar surface area (TPSA) is 64.4 Å². The molecule has 1 heterocycles. The van der Waals surface area contributed by atoms with E-state index in [1.807, 2.05) is 30.3 Å². The van der Waals surface area contributed by atoms with Gasteiger partial charge in [-0.15, -0.1) is 0 Å². The molecular formula is C22H19N3O2. The molecule has 0 aromatic heterocycles. The van der Waals surface area contributed by atoms with E-state index in [1.54, 1.807) is 49.3 Å². The molecule has 1 saturated heterocycles. The van der Waals surface area contributed by atoms with Gasteiger partial charge in [-0.2, -0.15) is 5.26 Å². The van der Waals surface area contributed by atoms with E-state index in [2.05, 4.69) is 6.07 Å². The van der Waals surface area contributed by atoms with Crippen molar-refractivity contribution < 1.29 is 9.59 Å². The third-order valence-electron chi connectivity index (χ3n) is 5.67. The van der Waals surface area contributed by atoms with Gasteiger partial charge < -0.3 is 9.80 Å². The van der Waals surface area contributed by atoms with Gasteiger partial charge in [0.2, 0.25) is 0 Å². The number of hydrogen-bond donors (Lipinski definition) is 0. The molecule has 5 nitrogen and oxygen atoms in total. The number of amides is 2. The summed E-state index contributed by atoms with van der Waals surface area (Å²) >= 11 is 0. The number of carbonyl (C=O) groups is 2. The molecule has 2 unspecified atom stereocenters. The Balaban J connectivity index is 1.72. The average Bonchev–Trinajstić information content (AvgIpc) is 3.46. The first-order valence-electron chi connectivity index (χ1n) is 8.83. The smallest absolute Gasteiger partial charge is 0.271 e. The van der Waals surface area contributed by atoms with Crippen LogP contribution in [0.2, 0.25) is 0 Å². The zero-order valence-electron chi connectivity index (χ0n) is 15.2. The van der Waals surface area contributed by atoms with Crippen molar-refractivity contribution in [2.24, 2.45) is 0 Å². The van der Waals surface area contributed by atoms with Crippen molar-refractivity contribution in [2.45, 2.75) is 17.9 Å². The van der Waals surface area contributed by atoms with Gasteiger partial charge in [0, 0.05) is 20.0 Å². The van der Waals surface area contributed by atoms with Crippen molar-refractivity contribution in [1.82, 2.24) is 9.80 Å². The van der Waals surface area contributed by atoms with Crippen LogP contribution in [0.4, 0.5) is 0 Å². The Labute approximate surface area is 158 Å². The molecule has 2 aromatic carbocycles. The fourth-order valence-corrected chi connectivity index (χ4v) is 4.01. The third kappa shape index (κ3) is 2.45. The molecule has 27 heavy (non-hydrogen) atoms. The minimum atomic E-state index is -0.806. The molecule has 1 saturated carbocycles. The summed E-state index contributed by atoms with van der Waals surface area (Å²) in [7, 11) is 3.33. The summed E-state index contributed by atoms with van der Waals surface area (Å²) in [5, 5.41) is 9.28. The van der Waals surface area contributed by atoms with E-state index in [0.29, 0.717) is 17.5 Å². The molecular weight excluding hydrogens is 338 g/mol. The van der Waals surface area contributed by atoms with Gasteiger partial charge in [-0.25, -0.2) is 0 Å². The van der Waals surface area contributed by atoms with Crippen LogP contribution in [0, 0.1) is 11.3 Å². The maximum absolute atomic E-state index is 13.2. The van der Waals surface area contributed by atoms with Crippen LogP contribution >= 0.6 is 0 Å². The monoisotopic (exact) mass is 357 g/mol. The molecule has 2 aromatic rings. The van der Waals surface area contributed by atoms with Crippen molar-refractivity contribution >= 4 is 17.9 Å². The zero-order valence-corrected chi connectivity index (χ0v) is 15.2. The summed E-state index contributed by atoms with van der Waals surface area (Å²) in [6.07, 6.45) is 2.26. The van der Waals surface area contributed by atoms with Crippen molar-refractivity contribution in [2.75, 3.05) is 14.1 Å². The fourth-order valence-electron chi connectivity index (χ4n) is 4.01. The summed E-state index contributed by atoms with van der Waals surface area (Å²) in [4.78, 5) is 29.4. The van der Waals surface area contributed by atoms with Crippen molar-refractivity contribution in [3.05, 3.63) is 77.0 Å².